The fraction of sp³-hybridized carbons (Fsp3) is 0.667. The molecule has 20 heavy (non-hydrogen) atoms. The summed E-state index contributed by atoms with van der Waals surface area (Å²) in [7, 11) is 0. The van der Waals surface area contributed by atoms with E-state index in [1.807, 2.05) is 0 Å². The van der Waals surface area contributed by atoms with Crippen molar-refractivity contribution in [3.05, 3.63) is 35.9 Å². The molecule has 2 heteroatoms. The van der Waals surface area contributed by atoms with Crippen molar-refractivity contribution in [3.63, 3.8) is 0 Å². The number of rotatable bonds is 6. The second kappa shape index (κ2) is 7.24. The topological polar surface area (TPSA) is 15.3 Å². The maximum absolute atomic E-state index is 3.62. The van der Waals surface area contributed by atoms with Crippen LogP contribution in [0.1, 0.15) is 45.7 Å². The van der Waals surface area contributed by atoms with E-state index in [-0.39, 0.29) is 0 Å². The quantitative estimate of drug-likeness (QED) is 0.851. The second-order valence-electron chi connectivity index (χ2n) is 6.78. The molecule has 1 fully saturated rings. The maximum atomic E-state index is 3.62. The van der Waals surface area contributed by atoms with Gasteiger partial charge in [-0.15, -0.1) is 0 Å². The lowest BCUT2D eigenvalue weighted by Gasteiger charge is -2.30. The van der Waals surface area contributed by atoms with Crippen LogP contribution in [0.2, 0.25) is 0 Å². The van der Waals surface area contributed by atoms with Gasteiger partial charge in [-0.05, 0) is 30.4 Å². The minimum absolute atomic E-state index is 0.516. The van der Waals surface area contributed by atoms with E-state index < -0.39 is 0 Å². The van der Waals surface area contributed by atoms with Gasteiger partial charge in [0.25, 0.3) is 0 Å². The molecule has 2 rings (SSSR count). The van der Waals surface area contributed by atoms with Gasteiger partial charge in [0, 0.05) is 25.2 Å². The van der Waals surface area contributed by atoms with Crippen LogP contribution in [0.3, 0.4) is 0 Å². The van der Waals surface area contributed by atoms with Crippen LogP contribution in [0.4, 0.5) is 0 Å². The molecule has 0 aliphatic carbocycles. The second-order valence-corrected chi connectivity index (χ2v) is 6.78. The Balaban J connectivity index is 2.07. The largest absolute Gasteiger partial charge is 0.313 e. The number of hydrogen-bond acceptors (Lipinski definition) is 2. The normalized spacial score (nSPS) is 21.8. The molecule has 1 aliphatic heterocycles. The Labute approximate surface area is 124 Å². The molecule has 0 radical (unpaired) electrons. The molecule has 2 atom stereocenters. The molecular formula is C18H30N2. The number of hydrogen-bond donors (Lipinski definition) is 1. The van der Waals surface area contributed by atoms with Crippen molar-refractivity contribution >= 4 is 0 Å². The van der Waals surface area contributed by atoms with Gasteiger partial charge in [-0.2, -0.15) is 0 Å². The van der Waals surface area contributed by atoms with Crippen LogP contribution in [0, 0.1) is 11.8 Å². The Kier molecular flexibility index (Phi) is 5.62. The highest BCUT2D eigenvalue weighted by atomic mass is 15.2. The van der Waals surface area contributed by atoms with Gasteiger partial charge in [-0.25, -0.2) is 0 Å². The molecule has 1 saturated heterocycles. The third kappa shape index (κ3) is 4.07. The zero-order valence-electron chi connectivity index (χ0n) is 13.5. The van der Waals surface area contributed by atoms with Gasteiger partial charge in [-0.1, -0.05) is 58.0 Å². The molecule has 0 bridgehead atoms. The lowest BCUT2D eigenvalue weighted by atomic mass is 9.95. The van der Waals surface area contributed by atoms with Gasteiger partial charge in [-0.3, -0.25) is 4.90 Å². The Morgan fingerprint density at radius 3 is 2.40 bits per heavy atom. The lowest BCUT2D eigenvalue weighted by molar-refractivity contribution is 0.218. The first kappa shape index (κ1) is 15.5. The van der Waals surface area contributed by atoms with Crippen LogP contribution >= 0.6 is 0 Å². The van der Waals surface area contributed by atoms with Crippen molar-refractivity contribution in [3.8, 4) is 0 Å². The van der Waals surface area contributed by atoms with Crippen LogP contribution in [-0.2, 0) is 0 Å². The highest BCUT2D eigenvalue weighted by Gasteiger charge is 2.30. The van der Waals surface area contributed by atoms with Crippen LogP contribution in [0.5, 0.6) is 0 Å². The van der Waals surface area contributed by atoms with E-state index in [9.17, 15) is 0 Å². The van der Waals surface area contributed by atoms with Gasteiger partial charge < -0.3 is 5.32 Å². The number of nitrogens with one attached hydrogen (secondary N) is 1. The molecule has 1 aromatic rings. The molecular weight excluding hydrogens is 244 g/mol. The van der Waals surface area contributed by atoms with E-state index in [2.05, 4.69) is 68.2 Å². The molecule has 1 heterocycles. The summed E-state index contributed by atoms with van der Waals surface area (Å²) in [6, 6.07) is 12.0. The molecule has 0 spiro atoms. The number of likely N-dealkylation sites (tertiary alicyclic amines) is 1. The van der Waals surface area contributed by atoms with Crippen LogP contribution in [0.25, 0.3) is 0 Å². The Bertz CT molecular complexity index is 386. The Hall–Kier alpha value is -0.860. The van der Waals surface area contributed by atoms with Crippen molar-refractivity contribution in [2.75, 3.05) is 19.6 Å². The predicted molar refractivity (Wildman–Crippen MR) is 86.8 cm³/mol. The Morgan fingerprint density at radius 2 is 1.85 bits per heavy atom. The highest BCUT2D eigenvalue weighted by molar-refractivity contribution is 5.20. The zero-order chi connectivity index (χ0) is 14.5. The van der Waals surface area contributed by atoms with E-state index in [1.54, 1.807) is 0 Å². The van der Waals surface area contributed by atoms with Crippen molar-refractivity contribution in [2.24, 2.45) is 11.8 Å². The molecule has 1 aromatic carbocycles. The summed E-state index contributed by atoms with van der Waals surface area (Å²) in [5, 5.41) is 3.62. The predicted octanol–water partition coefficient (Wildman–Crippen LogP) is 3.70. The van der Waals surface area contributed by atoms with Gasteiger partial charge in [0.15, 0.2) is 0 Å². The minimum atomic E-state index is 0.516. The van der Waals surface area contributed by atoms with Crippen molar-refractivity contribution < 1.29 is 0 Å². The van der Waals surface area contributed by atoms with Gasteiger partial charge >= 0.3 is 0 Å². The molecule has 0 aromatic heterocycles. The van der Waals surface area contributed by atoms with E-state index in [1.165, 1.54) is 25.1 Å². The number of nitrogens with zero attached hydrogens (tertiary/aromatic N) is 1. The van der Waals surface area contributed by atoms with E-state index >= 15 is 0 Å². The van der Waals surface area contributed by atoms with Gasteiger partial charge in [0.1, 0.15) is 0 Å². The summed E-state index contributed by atoms with van der Waals surface area (Å²) in [6.07, 6.45) is 1.35. The molecule has 2 unspecified atom stereocenters. The summed E-state index contributed by atoms with van der Waals surface area (Å²) in [6.45, 7) is 12.7. The van der Waals surface area contributed by atoms with E-state index in [4.69, 9.17) is 0 Å². The first-order chi connectivity index (χ1) is 9.58. The van der Waals surface area contributed by atoms with Crippen molar-refractivity contribution in [2.45, 2.75) is 46.2 Å². The van der Waals surface area contributed by atoms with Gasteiger partial charge in [0.05, 0.1) is 0 Å². The fourth-order valence-corrected chi connectivity index (χ4v) is 3.12. The smallest absolute Gasteiger partial charge is 0.0472 e. The van der Waals surface area contributed by atoms with Gasteiger partial charge in [0.2, 0.25) is 0 Å². The fourth-order valence-electron chi connectivity index (χ4n) is 3.12. The first-order valence-electron chi connectivity index (χ1n) is 8.10. The molecule has 0 saturated carbocycles. The van der Waals surface area contributed by atoms with Crippen LogP contribution in [0.15, 0.2) is 30.3 Å². The number of benzene rings is 1. The zero-order valence-corrected chi connectivity index (χ0v) is 13.5. The lowest BCUT2D eigenvalue weighted by Crippen LogP contribution is -2.37. The molecule has 0 amide bonds. The summed E-state index contributed by atoms with van der Waals surface area (Å²) >= 11 is 0. The van der Waals surface area contributed by atoms with E-state index in [0.717, 1.165) is 18.4 Å². The summed E-state index contributed by atoms with van der Waals surface area (Å²) in [5.74, 6) is 1.66. The summed E-state index contributed by atoms with van der Waals surface area (Å²) in [5.41, 5.74) is 1.45. The minimum Gasteiger partial charge on any atom is -0.313 e. The third-order valence-electron chi connectivity index (χ3n) is 4.54. The van der Waals surface area contributed by atoms with Crippen LogP contribution in [-0.4, -0.2) is 30.6 Å². The Morgan fingerprint density at radius 1 is 1.15 bits per heavy atom. The van der Waals surface area contributed by atoms with Crippen molar-refractivity contribution in [1.29, 1.82) is 0 Å². The van der Waals surface area contributed by atoms with E-state index in [0.29, 0.717) is 12.1 Å². The van der Waals surface area contributed by atoms with Crippen LogP contribution < -0.4 is 5.32 Å². The van der Waals surface area contributed by atoms with Crippen molar-refractivity contribution in [1.82, 2.24) is 10.2 Å². The molecule has 1 aliphatic rings. The standard InChI is InChI=1S/C18H30N2/c1-14(2)17-10-11-20(13-17)18(12-19-15(3)4)16-8-6-5-7-9-16/h5-9,14-15,17-19H,10-13H2,1-4H3. The highest BCUT2D eigenvalue weighted by Crippen LogP contribution is 2.30. The third-order valence-corrected chi connectivity index (χ3v) is 4.54. The molecule has 1 N–H and O–H groups in total. The molecule has 112 valence electrons. The summed E-state index contributed by atoms with van der Waals surface area (Å²) in [4.78, 5) is 2.68. The first-order valence-corrected chi connectivity index (χ1v) is 8.10. The maximum Gasteiger partial charge on any atom is 0.0472 e. The average molecular weight is 274 g/mol. The summed E-state index contributed by atoms with van der Waals surface area (Å²) < 4.78 is 0. The SMILES string of the molecule is CC(C)NCC(c1ccccc1)N1CCC(C(C)C)C1. The molecule has 2 nitrogen and oxygen atoms in total. The average Bonchev–Trinajstić information content (AvgIpc) is 2.90. The monoisotopic (exact) mass is 274 g/mol.